The number of benzene rings is 1. The van der Waals surface area contributed by atoms with Crippen LogP contribution in [0.3, 0.4) is 0 Å². The molecule has 3 saturated carbocycles. The summed E-state index contributed by atoms with van der Waals surface area (Å²) < 4.78 is 13.2. The highest BCUT2D eigenvalue weighted by molar-refractivity contribution is 5.41. The van der Waals surface area contributed by atoms with Gasteiger partial charge in [0, 0.05) is 31.5 Å². The van der Waals surface area contributed by atoms with Crippen LogP contribution < -0.4 is 14.8 Å². The Morgan fingerprint density at radius 2 is 1.79 bits per heavy atom. The van der Waals surface area contributed by atoms with Crippen LogP contribution in [0.1, 0.15) is 49.5 Å². The summed E-state index contributed by atoms with van der Waals surface area (Å²) in [7, 11) is 5.48. The monoisotopic (exact) mass is 381 g/mol. The second kappa shape index (κ2) is 7.11. The number of hydrogen-bond acceptors (Lipinski definition) is 4. The fourth-order valence-corrected chi connectivity index (χ4v) is 6.45. The number of nitrogens with one attached hydrogen (secondary N) is 1. The predicted molar refractivity (Wildman–Crippen MR) is 109 cm³/mol. The molecule has 5 nitrogen and oxygen atoms in total. The van der Waals surface area contributed by atoms with Crippen molar-refractivity contribution in [1.82, 2.24) is 14.9 Å². The number of hydrogen-bond donors (Lipinski definition) is 1. The third kappa shape index (κ3) is 2.91. The third-order valence-electron chi connectivity index (χ3n) is 7.63. The van der Waals surface area contributed by atoms with E-state index in [0.717, 1.165) is 46.6 Å². The minimum atomic E-state index is 0.0354. The molecule has 0 saturated heterocycles. The molecule has 6 atom stereocenters. The first-order valence-electron chi connectivity index (χ1n) is 10.6. The molecule has 3 fully saturated rings. The summed E-state index contributed by atoms with van der Waals surface area (Å²) in [6.45, 7) is 0. The van der Waals surface area contributed by atoms with Crippen molar-refractivity contribution in [2.75, 3.05) is 14.2 Å². The predicted octanol–water partition coefficient (Wildman–Crippen LogP) is 3.94. The number of aryl methyl sites for hydroxylation is 1. The molecule has 1 aromatic heterocycles. The molecule has 6 unspecified atom stereocenters. The summed E-state index contributed by atoms with van der Waals surface area (Å²) in [6, 6.07) is 6.76. The van der Waals surface area contributed by atoms with E-state index in [1.165, 1.54) is 32.1 Å². The van der Waals surface area contributed by atoms with Gasteiger partial charge in [-0.2, -0.15) is 0 Å². The highest BCUT2D eigenvalue weighted by Crippen LogP contribution is 2.59. The summed E-state index contributed by atoms with van der Waals surface area (Å²) in [5.41, 5.74) is 1.15. The van der Waals surface area contributed by atoms with E-state index in [0.29, 0.717) is 6.04 Å². The molecular weight excluding hydrogens is 350 g/mol. The molecule has 2 aromatic rings. The third-order valence-corrected chi connectivity index (χ3v) is 7.63. The Morgan fingerprint density at radius 3 is 2.46 bits per heavy atom. The van der Waals surface area contributed by atoms with Crippen LogP contribution in [0.2, 0.25) is 0 Å². The Labute approximate surface area is 167 Å². The van der Waals surface area contributed by atoms with Crippen molar-refractivity contribution in [2.45, 2.75) is 44.2 Å². The van der Waals surface area contributed by atoms with Crippen LogP contribution in [0.15, 0.2) is 30.6 Å². The van der Waals surface area contributed by atoms with Crippen molar-refractivity contribution >= 4 is 0 Å². The lowest BCUT2D eigenvalue weighted by atomic mass is 9.78. The molecule has 0 amide bonds. The van der Waals surface area contributed by atoms with Crippen molar-refractivity contribution in [1.29, 1.82) is 0 Å². The van der Waals surface area contributed by atoms with Crippen LogP contribution in [-0.4, -0.2) is 29.8 Å². The highest BCUT2D eigenvalue weighted by atomic mass is 16.5. The molecule has 2 bridgehead atoms. The van der Waals surface area contributed by atoms with E-state index >= 15 is 0 Å². The molecule has 0 aliphatic heterocycles. The molecule has 150 valence electrons. The number of methoxy groups -OCH3 is 2. The number of aromatic nitrogens is 2. The van der Waals surface area contributed by atoms with Crippen LogP contribution in [0.25, 0.3) is 0 Å². The number of ether oxygens (including phenoxy) is 2. The van der Waals surface area contributed by atoms with E-state index in [2.05, 4.69) is 29.1 Å². The maximum absolute atomic E-state index is 5.54. The standard InChI is InChI=1S/C23H31N3O2/c1-26-8-7-24-23(26)22(15-9-16(27-2)13-17(10-15)28-3)25-21-12-14-11-20(21)19-6-4-5-18(14)19/h7-10,13-14,18-22,25H,4-6,11-12H2,1-3H3. The molecule has 5 rings (SSSR count). The fraction of sp³-hybridized carbons (Fsp3) is 0.609. The molecule has 28 heavy (non-hydrogen) atoms. The summed E-state index contributed by atoms with van der Waals surface area (Å²) in [5.74, 6) is 6.38. The molecule has 1 heterocycles. The van der Waals surface area contributed by atoms with Gasteiger partial charge in [-0.3, -0.25) is 0 Å². The van der Waals surface area contributed by atoms with E-state index < -0.39 is 0 Å². The Bertz CT molecular complexity index is 826. The van der Waals surface area contributed by atoms with Crippen molar-refractivity contribution in [2.24, 2.45) is 30.7 Å². The Balaban J connectivity index is 1.48. The summed E-state index contributed by atoms with van der Waals surface area (Å²) >= 11 is 0. The Morgan fingerprint density at radius 1 is 1.04 bits per heavy atom. The molecular formula is C23H31N3O2. The van der Waals surface area contributed by atoms with Crippen LogP contribution in [0.4, 0.5) is 0 Å². The van der Waals surface area contributed by atoms with E-state index in [-0.39, 0.29) is 6.04 Å². The maximum atomic E-state index is 5.54. The SMILES string of the molecule is COc1cc(OC)cc(C(NC2CC3CC2C2CCCC32)c2nccn2C)c1. The van der Waals surface area contributed by atoms with E-state index in [9.17, 15) is 0 Å². The quantitative estimate of drug-likeness (QED) is 0.823. The van der Waals surface area contributed by atoms with Gasteiger partial charge in [0.05, 0.1) is 20.3 Å². The zero-order chi connectivity index (χ0) is 19.3. The lowest BCUT2D eigenvalue weighted by Crippen LogP contribution is -2.42. The van der Waals surface area contributed by atoms with E-state index in [1.807, 2.05) is 18.5 Å². The van der Waals surface area contributed by atoms with Gasteiger partial charge in [-0.1, -0.05) is 6.42 Å². The van der Waals surface area contributed by atoms with E-state index in [1.54, 1.807) is 14.2 Å². The van der Waals surface area contributed by atoms with Gasteiger partial charge >= 0.3 is 0 Å². The zero-order valence-corrected chi connectivity index (χ0v) is 17.1. The topological polar surface area (TPSA) is 48.3 Å². The molecule has 0 spiro atoms. The van der Waals surface area contributed by atoms with Crippen LogP contribution in [-0.2, 0) is 7.05 Å². The number of rotatable bonds is 6. The van der Waals surface area contributed by atoms with Gasteiger partial charge in [-0.15, -0.1) is 0 Å². The highest BCUT2D eigenvalue weighted by Gasteiger charge is 2.54. The second-order valence-electron chi connectivity index (χ2n) is 8.90. The van der Waals surface area contributed by atoms with Gasteiger partial charge in [0.1, 0.15) is 17.3 Å². The lowest BCUT2D eigenvalue weighted by Gasteiger charge is -2.35. The van der Waals surface area contributed by atoms with Crippen molar-refractivity contribution in [3.05, 3.63) is 42.0 Å². The average Bonchev–Trinajstić information content (AvgIpc) is 3.48. The normalized spacial score (nSPS) is 31.8. The fourth-order valence-electron chi connectivity index (χ4n) is 6.45. The van der Waals surface area contributed by atoms with Gasteiger partial charge in [0.2, 0.25) is 0 Å². The second-order valence-corrected chi connectivity index (χ2v) is 8.90. The van der Waals surface area contributed by atoms with Crippen molar-refractivity contribution in [3.63, 3.8) is 0 Å². The Hall–Kier alpha value is -2.01. The van der Waals surface area contributed by atoms with Crippen LogP contribution >= 0.6 is 0 Å². The average molecular weight is 382 g/mol. The van der Waals surface area contributed by atoms with Gasteiger partial charge in [0.15, 0.2) is 0 Å². The number of nitrogens with zero attached hydrogens (tertiary/aromatic N) is 2. The number of imidazole rings is 1. The van der Waals surface area contributed by atoms with Gasteiger partial charge in [-0.05, 0) is 67.1 Å². The Kier molecular flexibility index (Phi) is 4.58. The van der Waals surface area contributed by atoms with Gasteiger partial charge < -0.3 is 19.4 Å². The molecule has 1 aromatic carbocycles. The van der Waals surface area contributed by atoms with Gasteiger partial charge in [0.25, 0.3) is 0 Å². The zero-order valence-electron chi connectivity index (χ0n) is 17.1. The maximum Gasteiger partial charge on any atom is 0.130 e. The molecule has 5 heteroatoms. The minimum Gasteiger partial charge on any atom is -0.497 e. The minimum absolute atomic E-state index is 0.0354. The molecule has 0 radical (unpaired) electrons. The first-order chi connectivity index (χ1) is 13.7. The molecule has 1 N–H and O–H groups in total. The summed E-state index contributed by atoms with van der Waals surface area (Å²) in [6.07, 6.45) is 11.0. The van der Waals surface area contributed by atoms with Gasteiger partial charge in [-0.25, -0.2) is 4.98 Å². The first kappa shape index (κ1) is 18.0. The van der Waals surface area contributed by atoms with Crippen molar-refractivity contribution in [3.8, 4) is 11.5 Å². The lowest BCUT2D eigenvalue weighted by molar-refractivity contribution is 0.201. The largest absolute Gasteiger partial charge is 0.497 e. The number of fused-ring (bicyclic) bond motifs is 5. The summed E-state index contributed by atoms with van der Waals surface area (Å²) in [5, 5.41) is 4.03. The molecule has 3 aliphatic rings. The van der Waals surface area contributed by atoms with E-state index in [4.69, 9.17) is 14.5 Å². The first-order valence-corrected chi connectivity index (χ1v) is 10.6. The molecule has 3 aliphatic carbocycles. The smallest absolute Gasteiger partial charge is 0.130 e. The van der Waals surface area contributed by atoms with Crippen LogP contribution in [0.5, 0.6) is 11.5 Å². The van der Waals surface area contributed by atoms with Crippen LogP contribution in [0, 0.1) is 23.7 Å². The summed E-state index contributed by atoms with van der Waals surface area (Å²) in [4.78, 5) is 4.69. The van der Waals surface area contributed by atoms with Crippen molar-refractivity contribution < 1.29 is 9.47 Å².